The summed E-state index contributed by atoms with van der Waals surface area (Å²) in [6.45, 7) is 6.22. The molecule has 0 spiro atoms. The Morgan fingerprint density at radius 2 is 1.97 bits per heavy atom. The molecule has 0 atom stereocenters. The predicted molar refractivity (Wildman–Crippen MR) is 132 cm³/mol. The van der Waals surface area contributed by atoms with Gasteiger partial charge < -0.3 is 14.4 Å². The lowest BCUT2D eigenvalue weighted by Crippen LogP contribution is -2.38. The zero-order valence-corrected chi connectivity index (χ0v) is 19.7. The summed E-state index contributed by atoms with van der Waals surface area (Å²) in [7, 11) is 0. The van der Waals surface area contributed by atoms with E-state index in [2.05, 4.69) is 42.5 Å². The Kier molecular flexibility index (Phi) is 5.40. The SMILES string of the molecule is CCOc1cc(-c2ccc(N3CCC(Oc4ccc(C)nn4)CC3)nc2)c2c3cn[nH]c3nn2c1. The number of anilines is 1. The Hall–Kier alpha value is -4.21. The van der Waals surface area contributed by atoms with Crippen LogP contribution in [0.15, 0.2) is 48.9 Å². The number of ether oxygens (including phenoxy) is 2. The molecule has 6 heterocycles. The summed E-state index contributed by atoms with van der Waals surface area (Å²) in [6.07, 6.45) is 7.57. The van der Waals surface area contributed by atoms with Crippen molar-refractivity contribution in [1.82, 2.24) is 35.0 Å². The van der Waals surface area contributed by atoms with Gasteiger partial charge in [-0.15, -0.1) is 10.2 Å². The van der Waals surface area contributed by atoms with E-state index in [0.29, 0.717) is 12.5 Å². The van der Waals surface area contributed by atoms with Crippen LogP contribution in [-0.4, -0.2) is 60.8 Å². The van der Waals surface area contributed by atoms with Crippen LogP contribution in [0.25, 0.3) is 27.7 Å². The van der Waals surface area contributed by atoms with E-state index in [0.717, 1.165) is 70.9 Å². The van der Waals surface area contributed by atoms with Crippen molar-refractivity contribution in [3.63, 3.8) is 0 Å². The highest BCUT2D eigenvalue weighted by atomic mass is 16.5. The van der Waals surface area contributed by atoms with Gasteiger partial charge in [0.15, 0.2) is 5.65 Å². The van der Waals surface area contributed by atoms with Gasteiger partial charge in [-0.05, 0) is 38.1 Å². The Labute approximate surface area is 201 Å². The molecule has 35 heavy (non-hydrogen) atoms. The molecule has 0 unspecified atom stereocenters. The fourth-order valence-corrected chi connectivity index (χ4v) is 4.56. The average molecular weight is 471 g/mol. The van der Waals surface area contributed by atoms with Crippen molar-refractivity contribution in [3.05, 3.63) is 54.6 Å². The van der Waals surface area contributed by atoms with Crippen LogP contribution >= 0.6 is 0 Å². The summed E-state index contributed by atoms with van der Waals surface area (Å²) in [4.78, 5) is 7.10. The van der Waals surface area contributed by atoms with E-state index in [4.69, 9.17) is 14.5 Å². The standard InChI is InChI=1S/C25H26N8O2/c1-3-34-19-12-20(24-21-14-27-30-25(21)31-33(24)15-19)17-5-6-22(26-13-17)32-10-8-18(9-11-32)35-23-7-4-16(2)28-29-23/h4-7,12-15,18H,3,8-11H2,1-2H3,(H,30,31). The normalized spacial score (nSPS) is 14.6. The third-order valence-corrected chi connectivity index (χ3v) is 6.30. The van der Waals surface area contributed by atoms with Crippen molar-refractivity contribution in [2.24, 2.45) is 0 Å². The lowest BCUT2D eigenvalue weighted by molar-refractivity contribution is 0.162. The number of hydrogen-bond acceptors (Lipinski definition) is 8. The van der Waals surface area contributed by atoms with E-state index in [1.165, 1.54) is 0 Å². The molecule has 10 nitrogen and oxygen atoms in total. The number of aromatic nitrogens is 7. The van der Waals surface area contributed by atoms with Crippen LogP contribution in [0.4, 0.5) is 5.82 Å². The molecule has 0 aromatic carbocycles. The second-order valence-corrected chi connectivity index (χ2v) is 8.67. The van der Waals surface area contributed by atoms with Gasteiger partial charge in [-0.1, -0.05) is 0 Å². The van der Waals surface area contributed by atoms with E-state index in [9.17, 15) is 0 Å². The van der Waals surface area contributed by atoms with Gasteiger partial charge in [-0.3, -0.25) is 5.10 Å². The molecule has 0 aliphatic carbocycles. The van der Waals surface area contributed by atoms with Gasteiger partial charge in [0, 0.05) is 49.3 Å². The molecule has 0 amide bonds. The molecule has 178 valence electrons. The largest absolute Gasteiger partial charge is 0.492 e. The Morgan fingerprint density at radius 3 is 2.71 bits per heavy atom. The topological polar surface area (TPSA) is 106 Å². The number of nitrogens with one attached hydrogen (secondary N) is 1. The zero-order valence-electron chi connectivity index (χ0n) is 19.7. The van der Waals surface area contributed by atoms with E-state index >= 15 is 0 Å². The quantitative estimate of drug-likeness (QED) is 0.399. The fourth-order valence-electron chi connectivity index (χ4n) is 4.56. The maximum absolute atomic E-state index is 6.02. The van der Waals surface area contributed by atoms with Crippen LogP contribution in [-0.2, 0) is 0 Å². The number of nitrogens with zero attached hydrogens (tertiary/aromatic N) is 7. The molecule has 1 aliphatic heterocycles. The molecule has 10 heteroatoms. The van der Waals surface area contributed by atoms with Gasteiger partial charge in [0.25, 0.3) is 0 Å². The van der Waals surface area contributed by atoms with Crippen molar-refractivity contribution >= 4 is 22.4 Å². The third kappa shape index (κ3) is 4.11. The molecule has 1 fully saturated rings. The monoisotopic (exact) mass is 470 g/mol. The van der Waals surface area contributed by atoms with Crippen molar-refractivity contribution in [1.29, 1.82) is 0 Å². The third-order valence-electron chi connectivity index (χ3n) is 6.30. The fraction of sp³-hybridized carbons (Fsp3) is 0.320. The number of hydrogen-bond donors (Lipinski definition) is 1. The first kappa shape index (κ1) is 21.3. The minimum absolute atomic E-state index is 0.136. The molecule has 1 N–H and O–H groups in total. The lowest BCUT2D eigenvalue weighted by Gasteiger charge is -2.32. The van der Waals surface area contributed by atoms with Crippen LogP contribution in [0, 0.1) is 6.92 Å². The number of rotatable bonds is 6. The van der Waals surface area contributed by atoms with Crippen LogP contribution in [0.3, 0.4) is 0 Å². The first-order chi connectivity index (χ1) is 17.2. The summed E-state index contributed by atoms with van der Waals surface area (Å²) >= 11 is 0. The van der Waals surface area contributed by atoms with Gasteiger partial charge in [-0.2, -0.15) is 10.2 Å². The summed E-state index contributed by atoms with van der Waals surface area (Å²) in [5.74, 6) is 2.31. The molecule has 0 bridgehead atoms. The Morgan fingerprint density at radius 1 is 1.09 bits per heavy atom. The number of pyridine rings is 2. The highest BCUT2D eigenvalue weighted by molar-refractivity contribution is 6.00. The van der Waals surface area contributed by atoms with E-state index in [1.807, 2.05) is 49.0 Å². The summed E-state index contributed by atoms with van der Waals surface area (Å²) in [5.41, 5.74) is 4.61. The predicted octanol–water partition coefficient (Wildman–Crippen LogP) is 3.82. The van der Waals surface area contributed by atoms with Crippen molar-refractivity contribution in [2.75, 3.05) is 24.6 Å². The molecule has 5 aromatic rings. The number of aryl methyl sites for hydroxylation is 1. The molecular formula is C25H26N8O2. The molecule has 1 aliphatic rings. The second-order valence-electron chi connectivity index (χ2n) is 8.67. The summed E-state index contributed by atoms with van der Waals surface area (Å²) in [5, 5.41) is 20.9. The maximum atomic E-state index is 6.02. The molecule has 0 radical (unpaired) electrons. The van der Waals surface area contributed by atoms with Crippen LogP contribution in [0.1, 0.15) is 25.5 Å². The van der Waals surface area contributed by atoms with E-state index in [1.54, 1.807) is 6.20 Å². The molecule has 5 aromatic heterocycles. The van der Waals surface area contributed by atoms with E-state index < -0.39 is 0 Å². The van der Waals surface area contributed by atoms with Gasteiger partial charge in [0.1, 0.15) is 17.7 Å². The van der Waals surface area contributed by atoms with Crippen LogP contribution in [0.2, 0.25) is 0 Å². The molecule has 6 rings (SSSR count). The number of H-pyrrole nitrogens is 1. The average Bonchev–Trinajstić information content (AvgIpc) is 3.47. The van der Waals surface area contributed by atoms with Gasteiger partial charge >= 0.3 is 0 Å². The van der Waals surface area contributed by atoms with Crippen LogP contribution in [0.5, 0.6) is 11.6 Å². The van der Waals surface area contributed by atoms with Crippen molar-refractivity contribution in [3.8, 4) is 22.8 Å². The smallest absolute Gasteiger partial charge is 0.233 e. The molecular weight excluding hydrogens is 444 g/mol. The van der Waals surface area contributed by atoms with Gasteiger partial charge in [-0.25, -0.2) is 9.50 Å². The zero-order chi connectivity index (χ0) is 23.8. The lowest BCUT2D eigenvalue weighted by atomic mass is 10.1. The molecule has 1 saturated heterocycles. The van der Waals surface area contributed by atoms with Crippen LogP contribution < -0.4 is 14.4 Å². The first-order valence-corrected chi connectivity index (χ1v) is 11.8. The Bertz CT molecular complexity index is 1450. The Balaban J connectivity index is 1.21. The number of piperidine rings is 1. The minimum Gasteiger partial charge on any atom is -0.492 e. The highest BCUT2D eigenvalue weighted by Gasteiger charge is 2.22. The molecule has 0 saturated carbocycles. The summed E-state index contributed by atoms with van der Waals surface area (Å²) < 4.78 is 13.7. The van der Waals surface area contributed by atoms with Gasteiger partial charge in [0.05, 0.1) is 35.6 Å². The van der Waals surface area contributed by atoms with E-state index in [-0.39, 0.29) is 6.10 Å². The number of fused-ring (bicyclic) bond motifs is 3. The van der Waals surface area contributed by atoms with Gasteiger partial charge in [0.2, 0.25) is 5.88 Å². The minimum atomic E-state index is 0.136. The second kappa shape index (κ2) is 8.86. The number of aromatic amines is 1. The van der Waals surface area contributed by atoms with Crippen molar-refractivity contribution in [2.45, 2.75) is 32.8 Å². The van der Waals surface area contributed by atoms with Crippen molar-refractivity contribution < 1.29 is 9.47 Å². The maximum Gasteiger partial charge on any atom is 0.233 e. The summed E-state index contributed by atoms with van der Waals surface area (Å²) in [6, 6.07) is 10.0. The first-order valence-electron chi connectivity index (χ1n) is 11.8. The highest BCUT2D eigenvalue weighted by Crippen LogP contribution is 2.33.